The molecule has 0 aromatic heterocycles. The highest BCUT2D eigenvalue weighted by Crippen LogP contribution is 2.29. The van der Waals surface area contributed by atoms with E-state index >= 15 is 0 Å². The zero-order valence-electron chi connectivity index (χ0n) is 18.6. The number of hydrogen-bond acceptors (Lipinski definition) is 3. The van der Waals surface area contributed by atoms with Crippen LogP contribution in [-0.2, 0) is 14.8 Å². The number of nitrogens with zero attached hydrogens (tertiary/aromatic N) is 1. The molecule has 162 valence electrons. The molecule has 5 nitrogen and oxygen atoms in total. The van der Waals surface area contributed by atoms with Gasteiger partial charge in [-0.3, -0.25) is 9.10 Å². The van der Waals surface area contributed by atoms with Gasteiger partial charge in [-0.05, 0) is 75.1 Å². The average Bonchev–Trinajstić information content (AvgIpc) is 2.72. The zero-order chi connectivity index (χ0) is 22.8. The van der Waals surface area contributed by atoms with E-state index in [4.69, 9.17) is 0 Å². The minimum atomic E-state index is -3.94. The lowest BCUT2D eigenvalue weighted by molar-refractivity contribution is -0.114. The van der Waals surface area contributed by atoms with Gasteiger partial charge in [-0.25, -0.2) is 8.42 Å². The molecule has 0 aliphatic rings. The maximum Gasteiger partial charge on any atom is 0.264 e. The molecule has 0 atom stereocenters. The lowest BCUT2D eigenvalue weighted by Gasteiger charge is -2.26. The van der Waals surface area contributed by atoms with Crippen molar-refractivity contribution in [3.8, 4) is 0 Å². The van der Waals surface area contributed by atoms with Crippen LogP contribution in [0.5, 0.6) is 0 Å². The summed E-state index contributed by atoms with van der Waals surface area (Å²) in [4.78, 5) is 13.2. The Morgan fingerprint density at radius 2 is 1.45 bits per heavy atom. The summed E-state index contributed by atoms with van der Waals surface area (Å²) in [6.07, 6.45) is 0. The van der Waals surface area contributed by atoms with Crippen molar-refractivity contribution in [3.63, 3.8) is 0 Å². The third-order valence-corrected chi connectivity index (χ3v) is 7.18. The topological polar surface area (TPSA) is 66.5 Å². The van der Waals surface area contributed by atoms with E-state index in [1.165, 1.54) is 4.31 Å². The van der Waals surface area contributed by atoms with Gasteiger partial charge in [0.05, 0.1) is 10.6 Å². The van der Waals surface area contributed by atoms with Crippen LogP contribution < -0.4 is 9.62 Å². The maximum absolute atomic E-state index is 13.5. The van der Waals surface area contributed by atoms with E-state index in [1.807, 2.05) is 52.8 Å². The number of nitrogens with one attached hydrogen (secondary N) is 1. The smallest absolute Gasteiger partial charge is 0.264 e. The average molecular weight is 437 g/mol. The van der Waals surface area contributed by atoms with Gasteiger partial charge < -0.3 is 5.32 Å². The first-order valence-corrected chi connectivity index (χ1v) is 11.6. The molecular formula is C25H28N2O3S. The predicted octanol–water partition coefficient (Wildman–Crippen LogP) is 5.06. The molecule has 0 fully saturated rings. The normalized spacial score (nSPS) is 11.3. The van der Waals surface area contributed by atoms with Crippen LogP contribution in [0.15, 0.2) is 65.6 Å². The molecule has 0 aliphatic heterocycles. The van der Waals surface area contributed by atoms with E-state index < -0.39 is 15.9 Å². The Bertz CT molecular complexity index is 1200. The maximum atomic E-state index is 13.5. The summed E-state index contributed by atoms with van der Waals surface area (Å²) in [7, 11) is -3.94. The molecule has 0 bridgehead atoms. The van der Waals surface area contributed by atoms with Crippen molar-refractivity contribution < 1.29 is 13.2 Å². The Balaban J connectivity index is 2.02. The fraction of sp³-hybridized carbons (Fsp3) is 0.240. The van der Waals surface area contributed by atoms with Crippen molar-refractivity contribution in [1.29, 1.82) is 0 Å². The number of benzene rings is 3. The van der Waals surface area contributed by atoms with Crippen LogP contribution in [-0.4, -0.2) is 20.9 Å². The van der Waals surface area contributed by atoms with Gasteiger partial charge in [0, 0.05) is 5.69 Å². The molecule has 1 N–H and O–H groups in total. The first-order valence-electron chi connectivity index (χ1n) is 10.1. The van der Waals surface area contributed by atoms with Crippen LogP contribution >= 0.6 is 0 Å². The minimum Gasteiger partial charge on any atom is -0.324 e. The molecule has 6 heteroatoms. The molecule has 1 amide bonds. The van der Waals surface area contributed by atoms with Gasteiger partial charge in [0.2, 0.25) is 5.91 Å². The predicted molar refractivity (Wildman–Crippen MR) is 126 cm³/mol. The van der Waals surface area contributed by atoms with Gasteiger partial charge in [-0.1, -0.05) is 48.0 Å². The van der Waals surface area contributed by atoms with E-state index in [0.717, 1.165) is 27.8 Å². The van der Waals surface area contributed by atoms with Gasteiger partial charge in [0.15, 0.2) is 0 Å². The monoisotopic (exact) mass is 436 g/mol. The second-order valence-electron chi connectivity index (χ2n) is 7.87. The molecule has 0 spiro atoms. The zero-order valence-corrected chi connectivity index (χ0v) is 19.4. The summed E-state index contributed by atoms with van der Waals surface area (Å²) in [5, 5.41) is 2.92. The van der Waals surface area contributed by atoms with Crippen LogP contribution in [0.25, 0.3) is 0 Å². The Hall–Kier alpha value is -3.12. The van der Waals surface area contributed by atoms with Gasteiger partial charge >= 0.3 is 0 Å². The standard InChI is InChI=1S/C25H28N2O3S/c1-17-14-19(3)25(20(4)15-17)26-24(28)16-27(23-13-9-10-18(2)21(23)5)31(29,30)22-11-7-6-8-12-22/h6-15H,16H2,1-5H3,(H,26,28). The molecule has 0 aliphatic carbocycles. The van der Waals surface area contributed by atoms with Crippen molar-refractivity contribution in [2.24, 2.45) is 0 Å². The first-order chi connectivity index (χ1) is 14.6. The highest BCUT2D eigenvalue weighted by molar-refractivity contribution is 7.92. The lowest BCUT2D eigenvalue weighted by atomic mass is 10.1. The molecule has 3 aromatic carbocycles. The van der Waals surface area contributed by atoms with E-state index in [0.29, 0.717) is 11.4 Å². The second-order valence-corrected chi connectivity index (χ2v) is 9.73. The number of sulfonamides is 1. The number of rotatable bonds is 6. The van der Waals surface area contributed by atoms with E-state index in [9.17, 15) is 13.2 Å². The van der Waals surface area contributed by atoms with Crippen LogP contribution in [0.4, 0.5) is 11.4 Å². The molecular weight excluding hydrogens is 408 g/mol. The van der Waals surface area contributed by atoms with Crippen LogP contribution in [0.2, 0.25) is 0 Å². The summed E-state index contributed by atoms with van der Waals surface area (Å²) in [6, 6.07) is 17.6. The highest BCUT2D eigenvalue weighted by atomic mass is 32.2. The van der Waals surface area contributed by atoms with Crippen LogP contribution in [0, 0.1) is 34.6 Å². The van der Waals surface area contributed by atoms with Crippen molar-refractivity contribution in [1.82, 2.24) is 0 Å². The Morgan fingerprint density at radius 3 is 2.06 bits per heavy atom. The Kier molecular flexibility index (Phi) is 6.51. The van der Waals surface area contributed by atoms with Crippen molar-refractivity contribution in [3.05, 3.63) is 88.5 Å². The second kappa shape index (κ2) is 8.94. The largest absolute Gasteiger partial charge is 0.324 e. The van der Waals surface area contributed by atoms with Gasteiger partial charge in [-0.15, -0.1) is 0 Å². The lowest BCUT2D eigenvalue weighted by Crippen LogP contribution is -2.38. The SMILES string of the molecule is Cc1cc(C)c(NC(=O)CN(c2cccc(C)c2C)S(=O)(=O)c2ccccc2)c(C)c1. The molecule has 0 unspecified atom stereocenters. The molecule has 0 radical (unpaired) electrons. The summed E-state index contributed by atoms with van der Waals surface area (Å²) in [6.45, 7) is 9.32. The van der Waals surface area contributed by atoms with Crippen molar-refractivity contribution in [2.45, 2.75) is 39.5 Å². The summed E-state index contributed by atoms with van der Waals surface area (Å²) < 4.78 is 28.2. The molecule has 0 heterocycles. The Labute approximate surface area is 184 Å². The Morgan fingerprint density at radius 1 is 0.839 bits per heavy atom. The number of hydrogen-bond donors (Lipinski definition) is 1. The third kappa shape index (κ3) is 4.80. The minimum absolute atomic E-state index is 0.145. The van der Waals surface area contributed by atoms with Gasteiger partial charge in [0.1, 0.15) is 6.54 Å². The molecule has 0 saturated heterocycles. The molecule has 3 rings (SSSR count). The quantitative estimate of drug-likeness (QED) is 0.587. The fourth-order valence-electron chi connectivity index (χ4n) is 3.71. The van der Waals surface area contributed by atoms with E-state index in [1.54, 1.807) is 42.5 Å². The number of anilines is 2. The number of carbonyl (C=O) groups is 1. The first kappa shape index (κ1) is 22.6. The van der Waals surface area contributed by atoms with Crippen molar-refractivity contribution in [2.75, 3.05) is 16.2 Å². The van der Waals surface area contributed by atoms with E-state index in [-0.39, 0.29) is 11.4 Å². The van der Waals surface area contributed by atoms with Crippen LogP contribution in [0.1, 0.15) is 27.8 Å². The highest BCUT2D eigenvalue weighted by Gasteiger charge is 2.28. The number of amides is 1. The third-order valence-electron chi connectivity index (χ3n) is 5.40. The van der Waals surface area contributed by atoms with E-state index in [2.05, 4.69) is 5.32 Å². The summed E-state index contributed by atoms with van der Waals surface area (Å²) in [5.41, 5.74) is 5.97. The fourth-order valence-corrected chi connectivity index (χ4v) is 5.21. The summed E-state index contributed by atoms with van der Waals surface area (Å²) >= 11 is 0. The number of aryl methyl sites for hydroxylation is 4. The molecule has 3 aromatic rings. The van der Waals surface area contributed by atoms with Crippen molar-refractivity contribution >= 4 is 27.3 Å². The molecule has 0 saturated carbocycles. The summed E-state index contributed by atoms with van der Waals surface area (Å²) in [5.74, 6) is -0.393. The van der Waals surface area contributed by atoms with Crippen LogP contribution in [0.3, 0.4) is 0 Å². The number of carbonyl (C=O) groups excluding carboxylic acids is 1. The van der Waals surface area contributed by atoms with Gasteiger partial charge in [-0.2, -0.15) is 0 Å². The molecule has 31 heavy (non-hydrogen) atoms. The van der Waals surface area contributed by atoms with Gasteiger partial charge in [0.25, 0.3) is 10.0 Å².